The first-order chi connectivity index (χ1) is 14.3. The molecule has 0 unspecified atom stereocenters. The summed E-state index contributed by atoms with van der Waals surface area (Å²) < 4.78 is 11.3. The summed E-state index contributed by atoms with van der Waals surface area (Å²) in [4.78, 5) is 42.2. The molecule has 30 heavy (non-hydrogen) atoms. The minimum Gasteiger partial charge on any atom is -0.490 e. The number of urea groups is 1. The molecule has 1 fully saturated rings. The molecular weight excluding hydrogens is 410 g/mol. The molecule has 1 N–H and O–H groups in total. The van der Waals surface area contributed by atoms with Gasteiger partial charge in [0.15, 0.2) is 11.5 Å². The number of pyridine rings is 1. The van der Waals surface area contributed by atoms with Crippen molar-refractivity contribution < 1.29 is 23.9 Å². The monoisotopic (exact) mass is 429 g/mol. The van der Waals surface area contributed by atoms with Gasteiger partial charge in [-0.05, 0) is 56.7 Å². The normalized spacial score (nSPS) is 15.6. The van der Waals surface area contributed by atoms with E-state index in [0.29, 0.717) is 29.4 Å². The Bertz CT molecular complexity index is 1020. The highest BCUT2D eigenvalue weighted by Gasteiger charge is 2.36. The standard InChI is InChI=1S/C21H20ClN3O5/c1-4-29-17-11-13(10-16(22)18(17)30-12(2)3)9-15-19(26)24-21(28)25(20(15)27)14-5-7-23-8-6-14/h5-12H,4H2,1-3H3,(H,24,26,28)/b15-9+. The number of hydrogen-bond donors (Lipinski definition) is 1. The van der Waals surface area contributed by atoms with Gasteiger partial charge in [-0.25, -0.2) is 9.69 Å². The van der Waals surface area contributed by atoms with Crippen LogP contribution in [-0.2, 0) is 9.59 Å². The summed E-state index contributed by atoms with van der Waals surface area (Å²) >= 11 is 6.36. The third kappa shape index (κ3) is 4.44. The molecule has 1 aliphatic rings. The maximum absolute atomic E-state index is 12.9. The lowest BCUT2D eigenvalue weighted by Gasteiger charge is -2.26. The van der Waals surface area contributed by atoms with Crippen LogP contribution in [0.4, 0.5) is 10.5 Å². The van der Waals surface area contributed by atoms with Gasteiger partial charge in [-0.2, -0.15) is 0 Å². The molecule has 156 valence electrons. The summed E-state index contributed by atoms with van der Waals surface area (Å²) in [6.45, 7) is 5.90. The maximum Gasteiger partial charge on any atom is 0.335 e. The Morgan fingerprint density at radius 2 is 1.90 bits per heavy atom. The van der Waals surface area contributed by atoms with Crippen LogP contribution in [0.2, 0.25) is 5.02 Å². The number of halogens is 1. The Hall–Kier alpha value is -3.39. The van der Waals surface area contributed by atoms with Gasteiger partial charge in [0.25, 0.3) is 11.8 Å². The second kappa shape index (κ2) is 8.96. The predicted octanol–water partition coefficient (Wildman–Crippen LogP) is 3.59. The van der Waals surface area contributed by atoms with Gasteiger partial charge in [-0.15, -0.1) is 0 Å². The molecule has 0 aliphatic carbocycles. The van der Waals surface area contributed by atoms with Crippen molar-refractivity contribution in [1.29, 1.82) is 0 Å². The first-order valence-corrected chi connectivity index (χ1v) is 9.64. The number of amides is 4. The van der Waals surface area contributed by atoms with Crippen LogP contribution in [0.15, 0.2) is 42.2 Å². The predicted molar refractivity (Wildman–Crippen MR) is 112 cm³/mol. The molecule has 0 bridgehead atoms. The largest absolute Gasteiger partial charge is 0.490 e. The molecule has 8 nitrogen and oxygen atoms in total. The third-order valence-electron chi connectivity index (χ3n) is 4.02. The number of imide groups is 2. The van der Waals surface area contributed by atoms with E-state index in [9.17, 15) is 14.4 Å². The lowest BCUT2D eigenvalue weighted by molar-refractivity contribution is -0.122. The van der Waals surface area contributed by atoms with E-state index in [1.165, 1.54) is 30.6 Å². The Labute approximate surface area is 178 Å². The smallest absolute Gasteiger partial charge is 0.335 e. The van der Waals surface area contributed by atoms with E-state index in [2.05, 4.69) is 10.3 Å². The Balaban J connectivity index is 2.03. The summed E-state index contributed by atoms with van der Waals surface area (Å²) in [6.07, 6.45) is 4.11. The first kappa shape index (κ1) is 21.3. The van der Waals surface area contributed by atoms with Gasteiger partial charge < -0.3 is 9.47 Å². The van der Waals surface area contributed by atoms with Crippen molar-refractivity contribution >= 4 is 41.2 Å². The summed E-state index contributed by atoms with van der Waals surface area (Å²) in [5.74, 6) is -0.793. The van der Waals surface area contributed by atoms with Crippen molar-refractivity contribution in [2.45, 2.75) is 26.9 Å². The quantitative estimate of drug-likeness (QED) is 0.556. The zero-order valence-corrected chi connectivity index (χ0v) is 17.4. The summed E-state index contributed by atoms with van der Waals surface area (Å²) in [6, 6.07) is 5.33. The number of carbonyl (C=O) groups is 3. The number of hydrogen-bond acceptors (Lipinski definition) is 6. The van der Waals surface area contributed by atoms with E-state index in [1.807, 2.05) is 20.8 Å². The van der Waals surface area contributed by atoms with Gasteiger partial charge in [0.1, 0.15) is 5.57 Å². The van der Waals surface area contributed by atoms with E-state index >= 15 is 0 Å². The minimum atomic E-state index is -0.831. The summed E-state index contributed by atoms with van der Waals surface area (Å²) in [5.41, 5.74) is 0.518. The van der Waals surface area contributed by atoms with Crippen LogP contribution in [0.3, 0.4) is 0 Å². The SMILES string of the molecule is CCOc1cc(/C=C2\C(=O)NC(=O)N(c3ccncc3)C2=O)cc(Cl)c1OC(C)C. The first-order valence-electron chi connectivity index (χ1n) is 9.26. The average Bonchev–Trinajstić information content (AvgIpc) is 2.68. The second-order valence-electron chi connectivity index (χ2n) is 6.59. The van der Waals surface area contributed by atoms with Crippen LogP contribution in [0.25, 0.3) is 6.08 Å². The Kier molecular flexibility index (Phi) is 6.37. The molecule has 2 heterocycles. The fourth-order valence-electron chi connectivity index (χ4n) is 2.84. The number of nitrogens with one attached hydrogen (secondary N) is 1. The molecule has 1 saturated heterocycles. The number of nitrogens with zero attached hydrogens (tertiary/aromatic N) is 2. The number of rotatable bonds is 6. The number of benzene rings is 1. The van der Waals surface area contributed by atoms with Gasteiger partial charge in [-0.3, -0.25) is 19.9 Å². The molecule has 0 saturated carbocycles. The lowest BCUT2D eigenvalue weighted by Crippen LogP contribution is -2.54. The van der Waals surface area contributed by atoms with E-state index in [0.717, 1.165) is 4.90 Å². The van der Waals surface area contributed by atoms with Crippen molar-refractivity contribution in [3.05, 3.63) is 52.8 Å². The van der Waals surface area contributed by atoms with Gasteiger partial charge in [0, 0.05) is 12.4 Å². The van der Waals surface area contributed by atoms with Crippen molar-refractivity contribution in [2.24, 2.45) is 0 Å². The van der Waals surface area contributed by atoms with Gasteiger partial charge in [0.05, 0.1) is 23.4 Å². The van der Waals surface area contributed by atoms with Crippen LogP contribution >= 0.6 is 11.6 Å². The van der Waals surface area contributed by atoms with Crippen LogP contribution in [0.5, 0.6) is 11.5 Å². The highest BCUT2D eigenvalue weighted by molar-refractivity contribution is 6.39. The number of ether oxygens (including phenoxy) is 2. The summed E-state index contributed by atoms with van der Waals surface area (Å²) in [5, 5.41) is 2.44. The van der Waals surface area contributed by atoms with E-state index < -0.39 is 17.8 Å². The molecule has 0 spiro atoms. The lowest BCUT2D eigenvalue weighted by atomic mass is 10.1. The molecule has 1 aromatic heterocycles. The average molecular weight is 430 g/mol. The molecule has 3 rings (SSSR count). The van der Waals surface area contributed by atoms with Gasteiger partial charge >= 0.3 is 6.03 Å². The van der Waals surface area contributed by atoms with Crippen molar-refractivity contribution in [2.75, 3.05) is 11.5 Å². The van der Waals surface area contributed by atoms with Gasteiger partial charge in [-0.1, -0.05) is 11.6 Å². The number of carbonyl (C=O) groups excluding carboxylic acids is 3. The third-order valence-corrected chi connectivity index (χ3v) is 4.30. The molecule has 4 amide bonds. The second-order valence-corrected chi connectivity index (χ2v) is 7.00. The minimum absolute atomic E-state index is 0.128. The maximum atomic E-state index is 12.9. The van der Waals surface area contributed by atoms with Crippen LogP contribution < -0.4 is 19.7 Å². The van der Waals surface area contributed by atoms with Crippen molar-refractivity contribution in [3.8, 4) is 11.5 Å². The van der Waals surface area contributed by atoms with Crippen LogP contribution in [0.1, 0.15) is 26.3 Å². The van der Waals surface area contributed by atoms with Crippen LogP contribution in [-0.4, -0.2) is 35.5 Å². The molecule has 0 atom stereocenters. The molecule has 1 aromatic carbocycles. The molecule has 0 radical (unpaired) electrons. The highest BCUT2D eigenvalue weighted by atomic mass is 35.5. The van der Waals surface area contributed by atoms with Crippen LogP contribution in [0, 0.1) is 0 Å². The van der Waals surface area contributed by atoms with Crippen molar-refractivity contribution in [1.82, 2.24) is 10.3 Å². The fraction of sp³-hybridized carbons (Fsp3) is 0.238. The zero-order chi connectivity index (χ0) is 21.8. The Morgan fingerprint density at radius 1 is 1.20 bits per heavy atom. The fourth-order valence-corrected chi connectivity index (χ4v) is 3.10. The topological polar surface area (TPSA) is 97.8 Å². The molecule has 1 aliphatic heterocycles. The number of anilines is 1. The molecule has 9 heteroatoms. The summed E-state index contributed by atoms with van der Waals surface area (Å²) in [7, 11) is 0. The molecular formula is C21H20ClN3O5. The molecule has 2 aromatic rings. The number of barbiturate groups is 1. The van der Waals surface area contributed by atoms with E-state index in [4.69, 9.17) is 21.1 Å². The van der Waals surface area contributed by atoms with Gasteiger partial charge in [0.2, 0.25) is 0 Å². The highest BCUT2D eigenvalue weighted by Crippen LogP contribution is 2.38. The van der Waals surface area contributed by atoms with Crippen molar-refractivity contribution in [3.63, 3.8) is 0 Å². The zero-order valence-electron chi connectivity index (χ0n) is 16.6. The van der Waals surface area contributed by atoms with E-state index in [1.54, 1.807) is 12.1 Å². The van der Waals surface area contributed by atoms with E-state index in [-0.39, 0.29) is 16.7 Å². The number of aromatic nitrogens is 1. The Morgan fingerprint density at radius 3 is 2.53 bits per heavy atom.